The molecule has 158 valence electrons. The molecule has 4 N–H and O–H groups in total. The maximum absolute atomic E-state index is 13.1. The van der Waals surface area contributed by atoms with E-state index >= 15 is 0 Å². The first-order valence-electron chi connectivity index (χ1n) is 8.63. The number of pyridine rings is 1. The van der Waals surface area contributed by atoms with Crippen molar-refractivity contribution in [2.75, 3.05) is 5.32 Å². The summed E-state index contributed by atoms with van der Waals surface area (Å²) in [5.41, 5.74) is 7.13. The van der Waals surface area contributed by atoms with E-state index in [0.717, 1.165) is 0 Å². The number of anilines is 1. The minimum absolute atomic E-state index is 0.0486. The fourth-order valence-electron chi connectivity index (χ4n) is 2.83. The highest BCUT2D eigenvalue weighted by atomic mass is 79.9. The third-order valence-corrected chi connectivity index (χ3v) is 5.28. The molecular weight excluding hydrogens is 513 g/mol. The monoisotopic (exact) mass is 523 g/mol. The van der Waals surface area contributed by atoms with E-state index in [1.54, 1.807) is 24.4 Å². The predicted molar refractivity (Wildman–Crippen MR) is 117 cm³/mol. The molecule has 0 aliphatic heterocycles. The Morgan fingerprint density at radius 2 is 2.16 bits per heavy atom. The number of H-pyrrole nitrogens is 1. The van der Waals surface area contributed by atoms with E-state index in [1.165, 1.54) is 16.9 Å². The Morgan fingerprint density at radius 3 is 2.84 bits per heavy atom. The molecule has 4 rings (SSSR count). The van der Waals surface area contributed by atoms with Crippen molar-refractivity contribution in [2.45, 2.75) is 6.54 Å². The van der Waals surface area contributed by atoms with Crippen LogP contribution in [0.4, 0.5) is 5.69 Å². The van der Waals surface area contributed by atoms with Gasteiger partial charge in [0.2, 0.25) is 0 Å². The van der Waals surface area contributed by atoms with Crippen molar-refractivity contribution in [2.24, 2.45) is 5.73 Å². The van der Waals surface area contributed by atoms with Gasteiger partial charge in [-0.15, -0.1) is 5.10 Å². The van der Waals surface area contributed by atoms with Gasteiger partial charge >= 0.3 is 5.76 Å². The van der Waals surface area contributed by atoms with Crippen molar-refractivity contribution in [3.05, 3.63) is 73.0 Å². The largest absolute Gasteiger partial charge is 0.434 e. The van der Waals surface area contributed by atoms with Crippen molar-refractivity contribution >= 4 is 50.7 Å². The van der Waals surface area contributed by atoms with Gasteiger partial charge in [-0.25, -0.2) is 19.6 Å². The number of nitrogens with one attached hydrogen (secondary N) is 2. The normalized spacial score (nSPS) is 11.0. The van der Waals surface area contributed by atoms with Crippen LogP contribution in [0.3, 0.4) is 0 Å². The molecule has 0 spiro atoms. The number of hydrogen-bond donors (Lipinski definition) is 3. The summed E-state index contributed by atoms with van der Waals surface area (Å²) in [7, 11) is 0. The van der Waals surface area contributed by atoms with Gasteiger partial charge < -0.3 is 15.5 Å². The lowest BCUT2D eigenvalue weighted by molar-refractivity contribution is 0.102. The van der Waals surface area contributed by atoms with Gasteiger partial charge in [0.1, 0.15) is 4.60 Å². The molecule has 0 atom stereocenters. The molecule has 1 aromatic carbocycles. The fraction of sp³-hybridized carbons (Fsp3) is 0.0556. The Hall–Kier alpha value is -2.99. The Kier molecular flexibility index (Phi) is 5.92. The third-order valence-electron chi connectivity index (χ3n) is 4.18. The molecule has 3 heterocycles. The van der Waals surface area contributed by atoms with Gasteiger partial charge in [-0.3, -0.25) is 4.79 Å². The average Bonchev–Trinajstić information content (AvgIpc) is 3.34. The van der Waals surface area contributed by atoms with Crippen LogP contribution in [0.5, 0.6) is 0 Å². The van der Waals surface area contributed by atoms with Gasteiger partial charge in [-0.05, 0) is 45.8 Å². The van der Waals surface area contributed by atoms with E-state index in [1.807, 2.05) is 0 Å². The Labute approximate surface area is 192 Å². The molecular formula is C18H12BrCl2N7O3. The fourth-order valence-corrected chi connectivity index (χ4v) is 3.73. The molecule has 4 aromatic rings. The molecule has 0 saturated carbocycles. The number of aromatic amines is 1. The first-order chi connectivity index (χ1) is 14.9. The van der Waals surface area contributed by atoms with E-state index in [9.17, 15) is 9.59 Å². The maximum Gasteiger partial charge on any atom is 0.434 e. The van der Waals surface area contributed by atoms with Crippen molar-refractivity contribution in [1.82, 2.24) is 25.0 Å². The summed E-state index contributed by atoms with van der Waals surface area (Å²) in [6.07, 6.45) is 3.03. The highest BCUT2D eigenvalue weighted by molar-refractivity contribution is 9.10. The SMILES string of the molecule is NCc1cc(Cl)cc(-c2n[nH]c(=O)o2)c1NC(=O)c1cn(-c2ncccc2Cl)nc1Br. The van der Waals surface area contributed by atoms with Gasteiger partial charge in [0.25, 0.3) is 11.8 Å². The number of hydrogen-bond acceptors (Lipinski definition) is 7. The molecule has 0 unspecified atom stereocenters. The van der Waals surface area contributed by atoms with E-state index in [-0.39, 0.29) is 28.2 Å². The maximum atomic E-state index is 13.1. The second-order valence-corrected chi connectivity index (χ2v) is 7.75. The summed E-state index contributed by atoms with van der Waals surface area (Å²) in [6, 6.07) is 6.44. The number of aromatic nitrogens is 5. The van der Waals surface area contributed by atoms with E-state index < -0.39 is 11.7 Å². The average molecular weight is 525 g/mol. The zero-order valence-corrected chi connectivity index (χ0v) is 18.5. The van der Waals surface area contributed by atoms with E-state index in [0.29, 0.717) is 27.1 Å². The van der Waals surface area contributed by atoms with Crippen LogP contribution in [0.2, 0.25) is 10.0 Å². The first-order valence-corrected chi connectivity index (χ1v) is 10.2. The van der Waals surface area contributed by atoms with Gasteiger partial charge in [0.15, 0.2) is 5.82 Å². The quantitative estimate of drug-likeness (QED) is 0.362. The Morgan fingerprint density at radius 1 is 1.35 bits per heavy atom. The molecule has 0 radical (unpaired) electrons. The standard InChI is InChI=1S/C18H12BrCl2N7O3/c19-14-11(7-28(27-14)15-12(21)2-1-3-23-15)16(29)24-13-8(6-22)4-9(20)5-10(13)17-25-26-18(30)31-17/h1-5,7H,6,22H2,(H,24,29)(H,26,30). The molecule has 0 aliphatic rings. The number of halogens is 3. The highest BCUT2D eigenvalue weighted by Gasteiger charge is 2.22. The minimum atomic E-state index is -0.752. The van der Waals surface area contributed by atoms with Gasteiger partial charge in [-0.1, -0.05) is 23.2 Å². The van der Waals surface area contributed by atoms with Gasteiger partial charge in [0, 0.05) is 24.0 Å². The summed E-state index contributed by atoms with van der Waals surface area (Å²) in [4.78, 5) is 28.6. The molecule has 0 fully saturated rings. The summed E-state index contributed by atoms with van der Waals surface area (Å²) in [5.74, 6) is -0.955. The summed E-state index contributed by atoms with van der Waals surface area (Å²) < 4.78 is 6.67. The van der Waals surface area contributed by atoms with Gasteiger partial charge in [-0.2, -0.15) is 5.10 Å². The van der Waals surface area contributed by atoms with Crippen LogP contribution < -0.4 is 16.8 Å². The minimum Gasteiger partial charge on any atom is -0.388 e. The number of nitrogens with zero attached hydrogens (tertiary/aromatic N) is 4. The van der Waals surface area contributed by atoms with Crippen LogP contribution >= 0.6 is 39.1 Å². The third kappa shape index (κ3) is 4.26. The van der Waals surface area contributed by atoms with Gasteiger partial charge in [0.05, 0.1) is 21.8 Å². The van der Waals surface area contributed by atoms with Crippen LogP contribution in [0.1, 0.15) is 15.9 Å². The Bertz CT molecular complexity index is 1350. The van der Waals surface area contributed by atoms with Crippen LogP contribution in [-0.2, 0) is 6.54 Å². The molecule has 13 heteroatoms. The molecule has 0 aliphatic carbocycles. The smallest absolute Gasteiger partial charge is 0.388 e. The second kappa shape index (κ2) is 8.63. The van der Waals surface area contributed by atoms with Crippen molar-refractivity contribution in [1.29, 1.82) is 0 Å². The zero-order valence-electron chi connectivity index (χ0n) is 15.4. The highest BCUT2D eigenvalue weighted by Crippen LogP contribution is 2.33. The number of benzene rings is 1. The first kappa shape index (κ1) is 21.2. The lowest BCUT2D eigenvalue weighted by atomic mass is 10.1. The molecule has 1 amide bonds. The molecule has 31 heavy (non-hydrogen) atoms. The molecule has 3 aromatic heterocycles. The lowest BCUT2D eigenvalue weighted by Gasteiger charge is -2.13. The summed E-state index contributed by atoms with van der Waals surface area (Å²) in [5, 5.41) is 13.7. The topological polar surface area (TPSA) is 145 Å². The number of nitrogens with two attached hydrogens (primary N) is 1. The molecule has 10 nitrogen and oxygen atoms in total. The number of carbonyl (C=O) groups is 1. The Balaban J connectivity index is 1.74. The van der Waals surface area contributed by atoms with Crippen molar-refractivity contribution in [3.63, 3.8) is 0 Å². The predicted octanol–water partition coefficient (Wildman–Crippen LogP) is 3.39. The van der Waals surface area contributed by atoms with Crippen molar-refractivity contribution in [3.8, 4) is 17.3 Å². The van der Waals surface area contributed by atoms with E-state index in [4.69, 9.17) is 33.4 Å². The van der Waals surface area contributed by atoms with E-state index in [2.05, 4.69) is 41.5 Å². The number of amides is 1. The summed E-state index contributed by atoms with van der Waals surface area (Å²) in [6.45, 7) is 0.0573. The van der Waals surface area contributed by atoms with Crippen LogP contribution in [0.15, 0.2) is 50.5 Å². The summed E-state index contributed by atoms with van der Waals surface area (Å²) >= 11 is 15.6. The molecule has 0 saturated heterocycles. The zero-order chi connectivity index (χ0) is 22.1. The van der Waals surface area contributed by atoms with Crippen LogP contribution in [0.25, 0.3) is 17.3 Å². The number of carbonyl (C=O) groups excluding carboxylic acids is 1. The molecule has 0 bridgehead atoms. The second-order valence-electron chi connectivity index (χ2n) is 6.15. The van der Waals surface area contributed by atoms with Crippen LogP contribution in [-0.4, -0.2) is 30.9 Å². The lowest BCUT2D eigenvalue weighted by Crippen LogP contribution is -2.15. The van der Waals surface area contributed by atoms with Crippen LogP contribution in [0, 0.1) is 0 Å². The number of rotatable bonds is 5. The van der Waals surface area contributed by atoms with Crippen molar-refractivity contribution < 1.29 is 9.21 Å².